The van der Waals surface area contributed by atoms with Crippen LogP contribution >= 0.6 is 0 Å². The summed E-state index contributed by atoms with van der Waals surface area (Å²) in [5.74, 6) is 1.06. The normalized spacial score (nSPS) is 18.0. The monoisotopic (exact) mass is 416 g/mol. The molecule has 1 amide bonds. The highest BCUT2D eigenvalue weighted by Gasteiger charge is 2.35. The summed E-state index contributed by atoms with van der Waals surface area (Å²) in [7, 11) is 0. The number of carbonyl (C=O) groups excluding carboxylic acids is 1. The number of quaternary nitrogens is 1. The smallest absolute Gasteiger partial charge is 0.276 e. The van der Waals surface area contributed by atoms with Crippen LogP contribution in [0.25, 0.3) is 22.7 Å². The molecule has 1 unspecified atom stereocenters. The molecule has 156 valence electrons. The lowest BCUT2D eigenvalue weighted by molar-refractivity contribution is -0.946. The Labute approximate surface area is 178 Å². The molecule has 0 spiro atoms. The van der Waals surface area contributed by atoms with Crippen molar-refractivity contribution in [2.75, 3.05) is 0 Å². The third-order valence-electron chi connectivity index (χ3n) is 5.77. The molecule has 0 aliphatic carbocycles. The number of fused-ring (bicyclic) bond motifs is 1. The van der Waals surface area contributed by atoms with Crippen LogP contribution in [-0.4, -0.2) is 27.3 Å². The lowest BCUT2D eigenvalue weighted by Gasteiger charge is -2.31. The van der Waals surface area contributed by atoms with Gasteiger partial charge in [0.05, 0.1) is 0 Å². The fourth-order valence-corrected chi connectivity index (χ4v) is 4.19. The van der Waals surface area contributed by atoms with Gasteiger partial charge in [-0.15, -0.1) is 10.2 Å². The topological polar surface area (TPSA) is 112 Å². The zero-order chi connectivity index (χ0) is 21.4. The van der Waals surface area contributed by atoms with Crippen LogP contribution in [0.3, 0.4) is 0 Å². The van der Waals surface area contributed by atoms with Gasteiger partial charge in [-0.2, -0.15) is 0 Å². The predicted octanol–water partition coefficient (Wildman–Crippen LogP) is 1.70. The predicted molar refractivity (Wildman–Crippen MR) is 111 cm³/mol. The molecule has 2 aromatic heterocycles. The van der Waals surface area contributed by atoms with Gasteiger partial charge < -0.3 is 19.6 Å². The number of hydrogen-bond acceptors (Lipinski definition) is 6. The number of nitrogens with two attached hydrogens (primary N) is 1. The number of benzene rings is 2. The van der Waals surface area contributed by atoms with E-state index >= 15 is 0 Å². The first-order valence-electron chi connectivity index (χ1n) is 10.1. The van der Waals surface area contributed by atoms with Crippen LogP contribution in [0.4, 0.5) is 0 Å². The molecule has 0 radical (unpaired) electrons. The van der Waals surface area contributed by atoms with Crippen molar-refractivity contribution in [2.45, 2.75) is 32.5 Å². The number of hydrogen-bond donors (Lipinski definition) is 2. The second-order valence-corrected chi connectivity index (χ2v) is 7.77. The molecule has 3 heterocycles. The number of aromatic nitrogens is 3. The standard InChI is InChI=1S/C23H21N5O3/c1-14-20(21(27-31-14)15-7-3-2-4-8-15)23-26-25-19(30-23)13-28-12-17-10-6-5-9-16(17)11-18(28)22(24)29/h2-10,18H,11-13H2,1H3,(H2,24,29)/p+1/t18-/m0/s1. The minimum Gasteiger partial charge on any atom is -0.415 e. The molecule has 0 saturated heterocycles. The van der Waals surface area contributed by atoms with E-state index in [0.29, 0.717) is 48.3 Å². The minimum absolute atomic E-state index is 0.328. The zero-order valence-electron chi connectivity index (χ0n) is 17.0. The van der Waals surface area contributed by atoms with Gasteiger partial charge in [-0.3, -0.25) is 4.79 Å². The fraction of sp³-hybridized carbons (Fsp3) is 0.217. The van der Waals surface area contributed by atoms with E-state index in [2.05, 4.69) is 21.4 Å². The molecule has 4 aromatic rings. The van der Waals surface area contributed by atoms with Crippen LogP contribution < -0.4 is 10.6 Å². The number of nitrogens with one attached hydrogen (secondary N) is 1. The van der Waals surface area contributed by atoms with Crippen LogP contribution in [0.1, 0.15) is 22.8 Å². The van der Waals surface area contributed by atoms with Gasteiger partial charge in [-0.1, -0.05) is 59.8 Å². The number of nitrogens with zero attached hydrogens (tertiary/aromatic N) is 3. The van der Waals surface area contributed by atoms with E-state index in [4.69, 9.17) is 14.7 Å². The molecule has 2 atom stereocenters. The summed E-state index contributed by atoms with van der Waals surface area (Å²) < 4.78 is 11.4. The van der Waals surface area contributed by atoms with Gasteiger partial charge >= 0.3 is 0 Å². The average Bonchev–Trinajstić information content (AvgIpc) is 3.39. The lowest BCUT2D eigenvalue weighted by atomic mass is 9.93. The van der Waals surface area contributed by atoms with Gasteiger partial charge in [-0.25, -0.2) is 0 Å². The van der Waals surface area contributed by atoms with Crippen molar-refractivity contribution in [2.24, 2.45) is 5.73 Å². The summed E-state index contributed by atoms with van der Waals surface area (Å²) in [6, 6.07) is 17.5. The average molecular weight is 416 g/mol. The quantitative estimate of drug-likeness (QED) is 0.512. The maximum atomic E-state index is 12.1. The number of amides is 1. The minimum atomic E-state index is -0.345. The second kappa shape index (κ2) is 7.81. The van der Waals surface area contributed by atoms with E-state index in [-0.39, 0.29) is 11.9 Å². The Balaban J connectivity index is 1.43. The largest absolute Gasteiger partial charge is 0.415 e. The fourth-order valence-electron chi connectivity index (χ4n) is 4.19. The molecule has 3 N–H and O–H groups in total. The first-order chi connectivity index (χ1) is 15.1. The molecule has 31 heavy (non-hydrogen) atoms. The Hall–Kier alpha value is -3.78. The van der Waals surface area contributed by atoms with Crippen molar-refractivity contribution in [1.29, 1.82) is 0 Å². The van der Waals surface area contributed by atoms with Crippen molar-refractivity contribution >= 4 is 5.91 Å². The summed E-state index contributed by atoms with van der Waals surface area (Å²) in [5.41, 5.74) is 10.3. The zero-order valence-corrected chi connectivity index (χ0v) is 17.0. The number of rotatable bonds is 5. The molecule has 0 saturated carbocycles. The summed E-state index contributed by atoms with van der Waals surface area (Å²) in [6.45, 7) is 2.89. The number of carbonyl (C=O) groups is 1. The van der Waals surface area contributed by atoms with Crippen LogP contribution in [0.2, 0.25) is 0 Å². The van der Waals surface area contributed by atoms with E-state index in [0.717, 1.165) is 16.0 Å². The summed E-state index contributed by atoms with van der Waals surface area (Å²) in [5, 5.41) is 12.7. The van der Waals surface area contributed by atoms with Gasteiger partial charge in [0, 0.05) is 17.5 Å². The van der Waals surface area contributed by atoms with E-state index in [9.17, 15) is 4.79 Å². The molecule has 1 aliphatic rings. The van der Waals surface area contributed by atoms with Gasteiger partial charge in [-0.05, 0) is 12.5 Å². The van der Waals surface area contributed by atoms with Crippen LogP contribution in [0.15, 0.2) is 63.5 Å². The molecule has 5 rings (SSSR count). The lowest BCUT2D eigenvalue weighted by Crippen LogP contribution is -3.15. The molecular weight excluding hydrogens is 394 g/mol. The van der Waals surface area contributed by atoms with Gasteiger partial charge in [0.1, 0.15) is 23.6 Å². The van der Waals surface area contributed by atoms with E-state index in [1.165, 1.54) is 5.56 Å². The Bertz CT molecular complexity index is 1230. The van der Waals surface area contributed by atoms with Crippen LogP contribution in [0.5, 0.6) is 0 Å². The van der Waals surface area contributed by atoms with Crippen molar-refractivity contribution in [3.63, 3.8) is 0 Å². The third-order valence-corrected chi connectivity index (χ3v) is 5.77. The summed E-state index contributed by atoms with van der Waals surface area (Å²) in [4.78, 5) is 13.1. The van der Waals surface area contributed by atoms with Crippen LogP contribution in [0, 0.1) is 6.92 Å². The van der Waals surface area contributed by atoms with Crippen LogP contribution in [-0.2, 0) is 24.3 Å². The van der Waals surface area contributed by atoms with Gasteiger partial charge in [0.2, 0.25) is 0 Å². The van der Waals surface area contributed by atoms with Crippen molar-refractivity contribution in [3.05, 3.63) is 77.4 Å². The Kier molecular flexibility index (Phi) is 4.83. The van der Waals surface area contributed by atoms with Crippen molar-refractivity contribution in [3.8, 4) is 22.7 Å². The number of primary amides is 1. The summed E-state index contributed by atoms with van der Waals surface area (Å²) in [6.07, 6.45) is 0.602. The van der Waals surface area contributed by atoms with Gasteiger partial charge in [0.15, 0.2) is 12.6 Å². The maximum Gasteiger partial charge on any atom is 0.276 e. The Morgan fingerprint density at radius 1 is 1.10 bits per heavy atom. The van der Waals surface area contributed by atoms with E-state index in [1.54, 1.807) is 0 Å². The highest BCUT2D eigenvalue weighted by molar-refractivity contribution is 5.79. The molecule has 1 aliphatic heterocycles. The molecule has 0 fully saturated rings. The van der Waals surface area contributed by atoms with Crippen molar-refractivity contribution in [1.82, 2.24) is 15.4 Å². The molecule has 0 bridgehead atoms. The Morgan fingerprint density at radius 3 is 2.61 bits per heavy atom. The highest BCUT2D eigenvalue weighted by Crippen LogP contribution is 2.33. The summed E-state index contributed by atoms with van der Waals surface area (Å²) >= 11 is 0. The molecule has 8 nitrogen and oxygen atoms in total. The van der Waals surface area contributed by atoms with E-state index in [1.807, 2.05) is 55.5 Å². The number of aryl methyl sites for hydroxylation is 1. The molecular formula is C23H22N5O3+. The Morgan fingerprint density at radius 2 is 1.84 bits per heavy atom. The molecule has 8 heteroatoms. The first-order valence-corrected chi connectivity index (χ1v) is 10.1. The van der Waals surface area contributed by atoms with Gasteiger partial charge in [0.25, 0.3) is 17.7 Å². The maximum absolute atomic E-state index is 12.1. The SMILES string of the molecule is Cc1onc(-c2ccccc2)c1-c1nnc(C[NH+]2Cc3ccccc3C[C@H]2C(N)=O)o1. The second-order valence-electron chi connectivity index (χ2n) is 7.77. The highest BCUT2D eigenvalue weighted by atomic mass is 16.5. The first kappa shape index (κ1) is 19.2. The molecule has 2 aromatic carbocycles. The van der Waals surface area contributed by atoms with Crippen molar-refractivity contribution < 1.29 is 18.6 Å². The van der Waals surface area contributed by atoms with E-state index < -0.39 is 0 Å². The third kappa shape index (κ3) is 3.62.